The molecule has 1 aliphatic rings. The van der Waals surface area contributed by atoms with Gasteiger partial charge in [0, 0.05) is 32.1 Å². The van der Waals surface area contributed by atoms with E-state index in [9.17, 15) is 13.6 Å². The van der Waals surface area contributed by atoms with Crippen molar-refractivity contribution in [2.45, 2.75) is 18.8 Å². The second-order valence-electron chi connectivity index (χ2n) is 4.12. The average Bonchev–Trinajstić information content (AvgIpc) is 2.29. The Morgan fingerprint density at radius 1 is 1.35 bits per heavy atom. The predicted molar refractivity (Wildman–Crippen MR) is 59.7 cm³/mol. The Kier molecular flexibility index (Phi) is 3.13. The van der Waals surface area contributed by atoms with Crippen molar-refractivity contribution in [1.29, 1.82) is 0 Å². The van der Waals surface area contributed by atoms with Crippen molar-refractivity contribution in [3.05, 3.63) is 23.9 Å². The minimum Gasteiger partial charge on any atom is -0.338 e. The lowest BCUT2D eigenvalue weighted by Gasteiger charge is -2.31. The molecule has 0 unspecified atom stereocenters. The van der Waals surface area contributed by atoms with Gasteiger partial charge in [-0.2, -0.15) is 0 Å². The number of carbonyl (C=O) groups excluding carboxylic acids is 1. The molecule has 88 valence electrons. The molecule has 6 heteroatoms. The molecule has 2 heterocycles. The van der Waals surface area contributed by atoms with Gasteiger partial charge < -0.3 is 4.90 Å². The third-order valence-electron chi connectivity index (χ3n) is 2.82. The Morgan fingerprint density at radius 3 is 2.53 bits per heavy atom. The van der Waals surface area contributed by atoms with E-state index in [1.807, 2.05) is 0 Å². The number of pyridine rings is 1. The molecule has 1 amide bonds. The first kappa shape index (κ1) is 12.0. The van der Waals surface area contributed by atoms with Gasteiger partial charge in [0.05, 0.1) is 5.56 Å². The van der Waals surface area contributed by atoms with Crippen LogP contribution in [0.1, 0.15) is 23.2 Å². The highest BCUT2D eigenvalue weighted by atomic mass is 19.3. The van der Waals surface area contributed by atoms with E-state index >= 15 is 0 Å². The van der Waals surface area contributed by atoms with E-state index < -0.39 is 5.92 Å². The standard InChI is InChI=1S/C11H11BF2N2O/c12-9-2-1-8(7-15-9)10(17)16-5-3-11(13,14)4-6-16/h1-2,7H,3-6H2. The second-order valence-corrected chi connectivity index (χ2v) is 4.12. The van der Waals surface area contributed by atoms with Crippen LogP contribution in [0.3, 0.4) is 0 Å². The number of piperidine rings is 1. The summed E-state index contributed by atoms with van der Waals surface area (Å²) < 4.78 is 25.9. The van der Waals surface area contributed by atoms with E-state index in [4.69, 9.17) is 7.85 Å². The third-order valence-corrected chi connectivity index (χ3v) is 2.82. The normalized spacial score (nSPS) is 19.1. The Balaban J connectivity index is 2.04. The SMILES string of the molecule is [B]c1ccc(C(=O)N2CCC(F)(F)CC2)cn1. The van der Waals surface area contributed by atoms with Gasteiger partial charge >= 0.3 is 0 Å². The van der Waals surface area contributed by atoms with Crippen LogP contribution in [0.5, 0.6) is 0 Å². The van der Waals surface area contributed by atoms with Crippen molar-refractivity contribution in [1.82, 2.24) is 9.88 Å². The van der Waals surface area contributed by atoms with Crippen molar-refractivity contribution < 1.29 is 13.6 Å². The van der Waals surface area contributed by atoms with Gasteiger partial charge in [0.1, 0.15) is 7.85 Å². The van der Waals surface area contributed by atoms with Crippen LogP contribution in [0, 0.1) is 0 Å². The van der Waals surface area contributed by atoms with Gasteiger partial charge in [-0.15, -0.1) is 0 Å². The molecule has 0 aromatic carbocycles. The Morgan fingerprint density at radius 2 is 2.00 bits per heavy atom. The number of likely N-dealkylation sites (tertiary alicyclic amines) is 1. The molecule has 0 spiro atoms. The van der Waals surface area contributed by atoms with Crippen LogP contribution in [0.15, 0.2) is 18.3 Å². The number of hydrogen-bond acceptors (Lipinski definition) is 2. The van der Waals surface area contributed by atoms with E-state index in [1.54, 1.807) is 6.07 Å². The number of rotatable bonds is 1. The van der Waals surface area contributed by atoms with Crippen molar-refractivity contribution in [2.75, 3.05) is 13.1 Å². The summed E-state index contributed by atoms with van der Waals surface area (Å²) in [6.07, 6.45) is 0.812. The summed E-state index contributed by atoms with van der Waals surface area (Å²) in [4.78, 5) is 17.1. The monoisotopic (exact) mass is 236 g/mol. The van der Waals surface area contributed by atoms with Crippen LogP contribution in [-0.4, -0.2) is 42.6 Å². The molecule has 2 rings (SSSR count). The smallest absolute Gasteiger partial charge is 0.255 e. The molecule has 2 radical (unpaired) electrons. The van der Waals surface area contributed by atoms with Gasteiger partial charge in [0.25, 0.3) is 11.8 Å². The largest absolute Gasteiger partial charge is 0.338 e. The topological polar surface area (TPSA) is 33.2 Å². The zero-order valence-corrected chi connectivity index (χ0v) is 9.20. The van der Waals surface area contributed by atoms with E-state index in [0.717, 1.165) is 0 Å². The summed E-state index contributed by atoms with van der Waals surface area (Å²) >= 11 is 0. The molecule has 1 aromatic heterocycles. The summed E-state index contributed by atoms with van der Waals surface area (Å²) in [6, 6.07) is 3.07. The van der Waals surface area contributed by atoms with Crippen LogP contribution in [0.4, 0.5) is 8.78 Å². The Bertz CT molecular complexity index is 412. The molecule has 0 bridgehead atoms. The zero-order chi connectivity index (χ0) is 12.5. The molecular weight excluding hydrogens is 225 g/mol. The zero-order valence-electron chi connectivity index (χ0n) is 9.20. The summed E-state index contributed by atoms with van der Waals surface area (Å²) in [5.41, 5.74) is 0.705. The maximum absolute atomic E-state index is 12.9. The van der Waals surface area contributed by atoms with Crippen molar-refractivity contribution in [3.63, 3.8) is 0 Å². The quantitative estimate of drug-likeness (QED) is 0.674. The van der Waals surface area contributed by atoms with E-state index in [2.05, 4.69) is 4.98 Å². The van der Waals surface area contributed by atoms with Gasteiger partial charge in [-0.25, -0.2) is 8.78 Å². The number of aromatic nitrogens is 1. The molecule has 0 saturated carbocycles. The molecule has 3 nitrogen and oxygen atoms in total. The van der Waals surface area contributed by atoms with Crippen molar-refractivity contribution in [2.24, 2.45) is 0 Å². The summed E-state index contributed by atoms with van der Waals surface area (Å²) in [7, 11) is 5.41. The Labute approximate surface area is 99.2 Å². The highest BCUT2D eigenvalue weighted by Gasteiger charge is 2.35. The molecule has 0 aliphatic carbocycles. The number of carbonyl (C=O) groups is 1. The van der Waals surface area contributed by atoms with E-state index in [1.165, 1.54) is 17.2 Å². The number of nitrogens with zero attached hydrogens (tertiary/aromatic N) is 2. The molecule has 1 aliphatic heterocycles. The minimum absolute atomic E-state index is 0.0796. The number of amides is 1. The van der Waals surface area contributed by atoms with Crippen LogP contribution >= 0.6 is 0 Å². The molecule has 1 fully saturated rings. The Hall–Kier alpha value is -1.46. The van der Waals surface area contributed by atoms with Crippen LogP contribution in [0.25, 0.3) is 0 Å². The number of halogens is 2. The summed E-state index contributed by atoms with van der Waals surface area (Å²) in [5.74, 6) is -2.91. The number of hydrogen-bond donors (Lipinski definition) is 0. The molecule has 1 aromatic rings. The highest BCUT2D eigenvalue weighted by molar-refractivity contribution is 6.30. The van der Waals surface area contributed by atoms with Gasteiger partial charge in [0.15, 0.2) is 0 Å². The average molecular weight is 236 g/mol. The van der Waals surface area contributed by atoms with Gasteiger partial charge in [-0.05, 0) is 11.7 Å². The summed E-state index contributed by atoms with van der Waals surface area (Å²) in [6.45, 7) is 0.159. The van der Waals surface area contributed by atoms with Gasteiger partial charge in [-0.1, -0.05) is 6.07 Å². The maximum atomic E-state index is 12.9. The fourth-order valence-electron chi connectivity index (χ4n) is 1.75. The highest BCUT2D eigenvalue weighted by Crippen LogP contribution is 2.28. The van der Waals surface area contributed by atoms with Crippen molar-refractivity contribution in [3.8, 4) is 0 Å². The van der Waals surface area contributed by atoms with Crippen LogP contribution in [-0.2, 0) is 0 Å². The van der Waals surface area contributed by atoms with Crippen molar-refractivity contribution >= 4 is 19.3 Å². The fourth-order valence-corrected chi connectivity index (χ4v) is 1.75. The molecule has 0 atom stereocenters. The summed E-state index contributed by atoms with van der Waals surface area (Å²) in [5, 5.41) is 0. The first-order valence-electron chi connectivity index (χ1n) is 5.37. The molecule has 17 heavy (non-hydrogen) atoms. The van der Waals surface area contributed by atoms with Gasteiger partial charge in [-0.3, -0.25) is 9.78 Å². The van der Waals surface area contributed by atoms with E-state index in [-0.39, 0.29) is 31.8 Å². The second kappa shape index (κ2) is 4.43. The third kappa shape index (κ3) is 2.81. The number of alkyl halides is 2. The first-order valence-corrected chi connectivity index (χ1v) is 5.37. The van der Waals surface area contributed by atoms with Gasteiger partial charge in [0.2, 0.25) is 0 Å². The first-order chi connectivity index (χ1) is 7.98. The minimum atomic E-state index is -2.64. The lowest BCUT2D eigenvalue weighted by Crippen LogP contribution is -2.42. The lowest BCUT2D eigenvalue weighted by atomic mass is 10.0. The fraction of sp³-hybridized carbons (Fsp3) is 0.455. The predicted octanol–water partition coefficient (Wildman–Crippen LogP) is 0.747. The molecule has 1 saturated heterocycles. The van der Waals surface area contributed by atoms with Crippen LogP contribution < -0.4 is 5.59 Å². The molecular formula is C11H11BF2N2O. The lowest BCUT2D eigenvalue weighted by molar-refractivity contribution is -0.0494. The van der Waals surface area contributed by atoms with E-state index in [0.29, 0.717) is 11.2 Å². The van der Waals surface area contributed by atoms with Crippen LogP contribution in [0.2, 0.25) is 0 Å². The maximum Gasteiger partial charge on any atom is 0.255 e. The molecule has 0 N–H and O–H groups in total.